The van der Waals surface area contributed by atoms with Crippen molar-refractivity contribution in [3.05, 3.63) is 79.6 Å². The van der Waals surface area contributed by atoms with E-state index in [9.17, 15) is 14.4 Å². The summed E-state index contributed by atoms with van der Waals surface area (Å²) >= 11 is 5.48. The summed E-state index contributed by atoms with van der Waals surface area (Å²) in [5.41, 5.74) is 1.62. The summed E-state index contributed by atoms with van der Waals surface area (Å²) in [6.45, 7) is 5.23. The summed E-state index contributed by atoms with van der Waals surface area (Å²) in [5.74, 6) is 0.380. The van der Waals surface area contributed by atoms with Crippen LogP contribution in [0.5, 0.6) is 17.2 Å². The minimum absolute atomic E-state index is 0.165. The Morgan fingerprint density at radius 1 is 1.12 bits per heavy atom. The lowest BCUT2D eigenvalue weighted by molar-refractivity contribution is -0.139. The number of carbonyl (C=O) groups excluding carboxylic acids is 2. The van der Waals surface area contributed by atoms with Gasteiger partial charge in [-0.15, -0.1) is 0 Å². The lowest BCUT2D eigenvalue weighted by Gasteiger charge is -2.27. The van der Waals surface area contributed by atoms with E-state index in [0.29, 0.717) is 49.8 Å². The average Bonchev–Trinajstić information content (AvgIpc) is 3.23. The highest BCUT2D eigenvalue weighted by Gasteiger charge is 2.36. The van der Waals surface area contributed by atoms with Crippen LogP contribution in [-0.4, -0.2) is 37.3 Å². The van der Waals surface area contributed by atoms with Crippen LogP contribution in [0.1, 0.15) is 50.8 Å². The lowest BCUT2D eigenvalue weighted by Crippen LogP contribution is -2.40. The number of esters is 2. The van der Waals surface area contributed by atoms with Gasteiger partial charge in [-0.25, -0.2) is 9.79 Å². The number of fused-ring (bicyclic) bond motifs is 1. The molecular weight excluding hydrogens is 774 g/mol. The molecule has 41 heavy (non-hydrogen) atoms. The highest BCUT2D eigenvalue weighted by molar-refractivity contribution is 14.1. The van der Waals surface area contributed by atoms with Gasteiger partial charge in [0.1, 0.15) is 17.5 Å². The lowest BCUT2D eigenvalue weighted by atomic mass is 9.93. The van der Waals surface area contributed by atoms with Crippen molar-refractivity contribution in [2.24, 2.45) is 4.99 Å². The molecule has 0 amide bonds. The summed E-state index contributed by atoms with van der Waals surface area (Å²) in [7, 11) is 3.08. The molecule has 0 saturated carbocycles. The van der Waals surface area contributed by atoms with Gasteiger partial charge in [-0.05, 0) is 94.9 Å². The van der Waals surface area contributed by atoms with Crippen LogP contribution in [0.4, 0.5) is 0 Å². The Labute approximate surface area is 268 Å². The number of rotatable bonds is 9. The van der Waals surface area contributed by atoms with Gasteiger partial charge >= 0.3 is 11.9 Å². The number of carbonyl (C=O) groups is 2. The molecule has 0 unspecified atom stereocenters. The van der Waals surface area contributed by atoms with Gasteiger partial charge in [0.15, 0.2) is 10.6 Å². The zero-order valence-corrected chi connectivity index (χ0v) is 28.2. The Morgan fingerprint density at radius 2 is 1.88 bits per heavy atom. The second-order valence-corrected chi connectivity index (χ2v) is 12.3. The number of aromatic nitrogens is 1. The Kier molecular flexibility index (Phi) is 10.3. The number of thiazole rings is 1. The first kappa shape index (κ1) is 31.2. The molecule has 0 saturated heterocycles. The minimum Gasteiger partial charge on any atom is -0.497 e. The quantitative estimate of drug-likeness (QED) is 0.175. The van der Waals surface area contributed by atoms with E-state index < -0.39 is 18.0 Å². The molecule has 1 aliphatic heterocycles. The zero-order valence-electron chi connectivity index (χ0n) is 23.1. The summed E-state index contributed by atoms with van der Waals surface area (Å²) < 4.78 is 25.7. The number of hydrogen-bond donors (Lipinski definition) is 0. The summed E-state index contributed by atoms with van der Waals surface area (Å²) in [4.78, 5) is 44.7. The fourth-order valence-corrected chi connectivity index (χ4v) is 7.56. The van der Waals surface area contributed by atoms with Crippen LogP contribution in [-0.2, 0) is 14.3 Å². The summed E-state index contributed by atoms with van der Waals surface area (Å²) in [5, 5.41) is 0. The third kappa shape index (κ3) is 6.53. The van der Waals surface area contributed by atoms with Crippen molar-refractivity contribution in [1.82, 2.24) is 4.57 Å². The predicted molar refractivity (Wildman–Crippen MR) is 172 cm³/mol. The van der Waals surface area contributed by atoms with E-state index in [2.05, 4.69) is 45.2 Å². The minimum atomic E-state index is -0.872. The van der Waals surface area contributed by atoms with Crippen molar-refractivity contribution in [1.29, 1.82) is 0 Å². The number of ether oxygens (including phenoxy) is 4. The molecule has 0 fully saturated rings. The van der Waals surface area contributed by atoms with Crippen LogP contribution in [0.25, 0.3) is 6.08 Å². The van der Waals surface area contributed by atoms with Crippen molar-refractivity contribution in [2.75, 3.05) is 20.8 Å². The van der Waals surface area contributed by atoms with Gasteiger partial charge in [0.05, 0.1) is 40.2 Å². The third-order valence-electron chi connectivity index (χ3n) is 6.19. The van der Waals surface area contributed by atoms with Gasteiger partial charge in [0.2, 0.25) is 0 Å². The molecule has 2 heterocycles. The number of halogens is 2. The van der Waals surface area contributed by atoms with Crippen LogP contribution < -0.4 is 29.1 Å². The fourth-order valence-electron chi connectivity index (χ4n) is 4.55. The molecule has 0 radical (unpaired) electrons. The predicted octanol–water partition coefficient (Wildman–Crippen LogP) is 4.73. The van der Waals surface area contributed by atoms with Gasteiger partial charge in [0.25, 0.3) is 5.56 Å². The smallest absolute Gasteiger partial charge is 0.338 e. The molecule has 1 atom stereocenters. The van der Waals surface area contributed by atoms with E-state index in [4.69, 9.17) is 23.9 Å². The summed E-state index contributed by atoms with van der Waals surface area (Å²) in [6, 6.07) is 8.11. The van der Waals surface area contributed by atoms with E-state index in [1.165, 1.54) is 29.9 Å². The molecule has 2 aromatic carbocycles. The molecule has 0 N–H and O–H groups in total. The molecule has 1 aliphatic rings. The maximum absolute atomic E-state index is 14.2. The fraction of sp³-hybridized carbons (Fsp3) is 0.310. The maximum Gasteiger partial charge on any atom is 0.338 e. The van der Waals surface area contributed by atoms with Crippen molar-refractivity contribution >= 4 is 74.5 Å². The van der Waals surface area contributed by atoms with E-state index >= 15 is 0 Å². The van der Waals surface area contributed by atoms with Crippen molar-refractivity contribution in [3.8, 4) is 17.2 Å². The molecular formula is C29H28I2N2O7S. The highest BCUT2D eigenvalue weighted by Crippen LogP contribution is 2.39. The number of nitrogens with zero attached hydrogens (tertiary/aromatic N) is 2. The first-order valence-electron chi connectivity index (χ1n) is 12.7. The number of methoxy groups -OCH3 is 2. The molecule has 1 aromatic heterocycles. The topological polar surface area (TPSA) is 105 Å². The van der Waals surface area contributed by atoms with Crippen LogP contribution in [0.3, 0.4) is 0 Å². The van der Waals surface area contributed by atoms with E-state index in [-0.39, 0.29) is 17.7 Å². The first-order chi connectivity index (χ1) is 19.6. The average molecular weight is 802 g/mol. The van der Waals surface area contributed by atoms with E-state index in [1.807, 2.05) is 19.1 Å². The molecule has 9 nitrogen and oxygen atoms in total. The molecule has 0 bridgehead atoms. The number of allylic oxidation sites excluding steroid dienone is 1. The summed E-state index contributed by atoms with van der Waals surface area (Å²) in [6.07, 6.45) is 2.93. The Balaban J connectivity index is 2.08. The van der Waals surface area contributed by atoms with Gasteiger partial charge in [-0.2, -0.15) is 0 Å². The molecule has 4 rings (SSSR count). The third-order valence-corrected chi connectivity index (χ3v) is 8.60. The molecule has 3 aromatic rings. The highest BCUT2D eigenvalue weighted by atomic mass is 127. The maximum atomic E-state index is 14.2. The number of hydrogen-bond acceptors (Lipinski definition) is 9. The van der Waals surface area contributed by atoms with Crippen LogP contribution in [0.15, 0.2) is 51.4 Å². The standard InChI is InChI=1S/C29H28I2N2O7S/c1-6-8-21-24(28(36)39-7-2)25(19-14-18(37-4)9-10-22(19)38-5)33-27(35)23(41-29(33)32-21)12-16-11-17(30)13-20(31)26(16)40-15(3)34/h9-14,25H,6-8H2,1-5H3/b23-12-/t25-/m1/s1. The van der Waals surface area contributed by atoms with E-state index in [0.717, 1.165) is 13.6 Å². The second-order valence-electron chi connectivity index (χ2n) is 8.92. The van der Waals surface area contributed by atoms with Crippen LogP contribution >= 0.6 is 56.5 Å². The van der Waals surface area contributed by atoms with Gasteiger partial charge < -0.3 is 18.9 Å². The zero-order chi connectivity index (χ0) is 29.8. The molecule has 216 valence electrons. The van der Waals surface area contributed by atoms with Gasteiger partial charge in [0, 0.05) is 21.6 Å². The van der Waals surface area contributed by atoms with Crippen molar-refractivity contribution in [2.45, 2.75) is 39.7 Å². The first-order valence-corrected chi connectivity index (χ1v) is 15.7. The van der Waals surface area contributed by atoms with Gasteiger partial charge in [-0.3, -0.25) is 14.2 Å². The molecule has 12 heteroatoms. The number of benzene rings is 2. The van der Waals surface area contributed by atoms with Crippen LogP contribution in [0, 0.1) is 7.14 Å². The van der Waals surface area contributed by atoms with E-state index in [1.54, 1.807) is 38.3 Å². The van der Waals surface area contributed by atoms with Gasteiger partial charge in [-0.1, -0.05) is 24.7 Å². The SMILES string of the molecule is CCCC1=C(C(=O)OCC)[C@@H](c2cc(OC)ccc2OC)n2c(s/c(=C\c3cc(I)cc(I)c3OC(C)=O)c2=O)=N1. The Hall–Kier alpha value is -2.72. The van der Waals surface area contributed by atoms with Crippen LogP contribution in [0.2, 0.25) is 0 Å². The van der Waals surface area contributed by atoms with Crippen molar-refractivity contribution in [3.63, 3.8) is 0 Å². The molecule has 0 aliphatic carbocycles. The monoisotopic (exact) mass is 802 g/mol. The second kappa shape index (κ2) is 13.5. The normalized spacial score (nSPS) is 14.8. The largest absolute Gasteiger partial charge is 0.497 e. The van der Waals surface area contributed by atoms with Crippen molar-refractivity contribution < 1.29 is 28.5 Å². The Bertz CT molecular complexity index is 1730. The molecule has 0 spiro atoms. The Morgan fingerprint density at radius 3 is 2.51 bits per heavy atom.